The number of hydrogen-bond acceptors (Lipinski definition) is 5. The summed E-state index contributed by atoms with van der Waals surface area (Å²) >= 11 is 1.46. The first kappa shape index (κ1) is 13.4. The second kappa shape index (κ2) is 5.80. The number of rotatable bonds is 3. The highest BCUT2D eigenvalue weighted by molar-refractivity contribution is 8.00. The van der Waals surface area contributed by atoms with E-state index in [1.54, 1.807) is 0 Å². The smallest absolute Gasteiger partial charge is 0.235 e. The lowest BCUT2D eigenvalue weighted by Crippen LogP contribution is -2.48. The maximum absolute atomic E-state index is 12.4. The first-order chi connectivity index (χ1) is 9.75. The lowest BCUT2D eigenvalue weighted by atomic mass is 10.3. The average Bonchev–Trinajstić information content (AvgIpc) is 2.91. The normalized spacial score (nSPS) is 17.4. The topological polar surface area (TPSA) is 62.5 Å². The van der Waals surface area contributed by atoms with Crippen LogP contribution in [0.1, 0.15) is 6.92 Å². The maximum Gasteiger partial charge on any atom is 0.235 e. The Kier molecular flexibility index (Phi) is 3.88. The van der Waals surface area contributed by atoms with Crippen molar-refractivity contribution in [1.29, 1.82) is 0 Å². The fourth-order valence-corrected chi connectivity index (χ4v) is 3.17. The van der Waals surface area contributed by atoms with Gasteiger partial charge < -0.3 is 10.2 Å². The van der Waals surface area contributed by atoms with Crippen LogP contribution in [-0.2, 0) is 4.79 Å². The molecule has 0 aliphatic carbocycles. The van der Waals surface area contributed by atoms with Crippen molar-refractivity contribution in [3.8, 4) is 0 Å². The molecule has 1 atom stereocenters. The van der Waals surface area contributed by atoms with Crippen LogP contribution < -0.4 is 5.32 Å². The number of amides is 1. The number of pyridine rings is 1. The van der Waals surface area contributed by atoms with E-state index in [2.05, 4.69) is 15.5 Å². The quantitative estimate of drug-likeness (QED) is 0.841. The molecule has 1 aliphatic rings. The van der Waals surface area contributed by atoms with Gasteiger partial charge >= 0.3 is 0 Å². The van der Waals surface area contributed by atoms with Gasteiger partial charge in [-0.25, -0.2) is 0 Å². The second-order valence-electron chi connectivity index (χ2n) is 4.75. The molecular formula is C13H17N5OS. The Morgan fingerprint density at radius 2 is 2.15 bits per heavy atom. The molecule has 0 aromatic carbocycles. The highest BCUT2D eigenvalue weighted by atomic mass is 32.2. The third-order valence-corrected chi connectivity index (χ3v) is 4.39. The van der Waals surface area contributed by atoms with Crippen LogP contribution in [0.3, 0.4) is 0 Å². The summed E-state index contributed by atoms with van der Waals surface area (Å²) in [6.07, 6.45) is 1.92. The largest absolute Gasteiger partial charge is 0.339 e. The Bertz CT molecular complexity index is 608. The molecule has 7 heteroatoms. The van der Waals surface area contributed by atoms with E-state index in [9.17, 15) is 4.79 Å². The van der Waals surface area contributed by atoms with Crippen molar-refractivity contribution >= 4 is 23.3 Å². The standard InChI is InChI=1S/C13H17N5OS/c1-10(12(19)17-8-5-14-6-9-17)20-13-16-15-11-4-2-3-7-18(11)13/h2-4,7,10,14H,5-6,8-9H2,1H3. The highest BCUT2D eigenvalue weighted by Gasteiger charge is 2.24. The van der Waals surface area contributed by atoms with Gasteiger partial charge in [0.25, 0.3) is 0 Å². The Hall–Kier alpha value is -1.60. The van der Waals surface area contributed by atoms with E-state index in [-0.39, 0.29) is 11.2 Å². The van der Waals surface area contributed by atoms with Crippen molar-refractivity contribution in [1.82, 2.24) is 24.8 Å². The molecular weight excluding hydrogens is 274 g/mol. The monoisotopic (exact) mass is 291 g/mol. The summed E-state index contributed by atoms with van der Waals surface area (Å²) in [6.45, 7) is 5.24. The number of thioether (sulfide) groups is 1. The van der Waals surface area contributed by atoms with E-state index in [1.807, 2.05) is 40.6 Å². The van der Waals surface area contributed by atoms with Crippen molar-refractivity contribution in [3.63, 3.8) is 0 Å². The fraction of sp³-hybridized carbons (Fsp3) is 0.462. The molecule has 1 amide bonds. The molecule has 106 valence electrons. The number of hydrogen-bond donors (Lipinski definition) is 1. The van der Waals surface area contributed by atoms with Crippen LogP contribution >= 0.6 is 11.8 Å². The van der Waals surface area contributed by atoms with Crippen LogP contribution in [0.2, 0.25) is 0 Å². The van der Waals surface area contributed by atoms with Gasteiger partial charge in [-0.2, -0.15) is 0 Å². The Labute approximate surface area is 121 Å². The highest BCUT2D eigenvalue weighted by Crippen LogP contribution is 2.23. The van der Waals surface area contributed by atoms with Crippen molar-refractivity contribution in [2.45, 2.75) is 17.3 Å². The molecule has 0 bridgehead atoms. The number of fused-ring (bicyclic) bond motifs is 1. The molecule has 0 saturated carbocycles. The number of piperazine rings is 1. The average molecular weight is 291 g/mol. The fourth-order valence-electron chi connectivity index (χ4n) is 2.25. The zero-order valence-electron chi connectivity index (χ0n) is 11.3. The van der Waals surface area contributed by atoms with E-state index in [1.165, 1.54) is 11.8 Å². The second-order valence-corrected chi connectivity index (χ2v) is 6.05. The summed E-state index contributed by atoms with van der Waals surface area (Å²) < 4.78 is 1.91. The lowest BCUT2D eigenvalue weighted by Gasteiger charge is -2.29. The van der Waals surface area contributed by atoms with Crippen LogP contribution in [0.25, 0.3) is 5.65 Å². The van der Waals surface area contributed by atoms with Crippen LogP contribution in [0.15, 0.2) is 29.6 Å². The van der Waals surface area contributed by atoms with Gasteiger partial charge in [-0.15, -0.1) is 10.2 Å². The van der Waals surface area contributed by atoms with E-state index in [0.717, 1.165) is 37.0 Å². The summed E-state index contributed by atoms with van der Waals surface area (Å²) in [4.78, 5) is 14.3. The molecule has 2 aromatic heterocycles. The predicted octanol–water partition coefficient (Wildman–Crippen LogP) is 0.642. The Morgan fingerprint density at radius 3 is 2.95 bits per heavy atom. The molecule has 1 fully saturated rings. The number of carbonyl (C=O) groups is 1. The molecule has 3 rings (SSSR count). The van der Waals surface area contributed by atoms with E-state index >= 15 is 0 Å². The van der Waals surface area contributed by atoms with Crippen LogP contribution in [0.4, 0.5) is 0 Å². The predicted molar refractivity (Wildman–Crippen MR) is 77.8 cm³/mol. The molecule has 1 unspecified atom stereocenters. The van der Waals surface area contributed by atoms with Gasteiger partial charge in [0.2, 0.25) is 5.91 Å². The van der Waals surface area contributed by atoms with E-state index < -0.39 is 0 Å². The minimum absolute atomic E-state index is 0.152. The summed E-state index contributed by atoms with van der Waals surface area (Å²) in [6, 6.07) is 5.76. The van der Waals surface area contributed by atoms with Crippen LogP contribution in [0.5, 0.6) is 0 Å². The van der Waals surface area contributed by atoms with Gasteiger partial charge in [0.05, 0.1) is 5.25 Å². The van der Waals surface area contributed by atoms with Gasteiger partial charge in [-0.1, -0.05) is 17.8 Å². The third-order valence-electron chi connectivity index (χ3n) is 3.34. The molecule has 0 spiro atoms. The number of nitrogens with zero attached hydrogens (tertiary/aromatic N) is 4. The van der Waals surface area contributed by atoms with Gasteiger partial charge in [0.1, 0.15) is 0 Å². The number of carbonyl (C=O) groups excluding carboxylic acids is 1. The van der Waals surface area contributed by atoms with E-state index in [4.69, 9.17) is 0 Å². The summed E-state index contributed by atoms with van der Waals surface area (Å²) in [5, 5.41) is 12.1. The minimum Gasteiger partial charge on any atom is -0.339 e. The first-order valence-electron chi connectivity index (χ1n) is 6.71. The SMILES string of the molecule is CC(Sc1nnc2ccccn12)C(=O)N1CCNCC1. The van der Waals surface area contributed by atoms with Gasteiger partial charge in [-0.3, -0.25) is 9.20 Å². The maximum atomic E-state index is 12.4. The van der Waals surface area contributed by atoms with Gasteiger partial charge in [-0.05, 0) is 19.1 Å². The number of nitrogens with one attached hydrogen (secondary N) is 1. The Balaban J connectivity index is 1.71. The van der Waals surface area contributed by atoms with Crippen molar-refractivity contribution in [2.75, 3.05) is 26.2 Å². The molecule has 1 aliphatic heterocycles. The first-order valence-corrected chi connectivity index (χ1v) is 7.59. The van der Waals surface area contributed by atoms with Crippen molar-refractivity contribution in [3.05, 3.63) is 24.4 Å². The molecule has 2 aromatic rings. The summed E-state index contributed by atoms with van der Waals surface area (Å²) in [5.41, 5.74) is 0.803. The van der Waals surface area contributed by atoms with Gasteiger partial charge in [0.15, 0.2) is 10.8 Å². The molecule has 1 saturated heterocycles. The Morgan fingerprint density at radius 1 is 1.35 bits per heavy atom. The zero-order valence-corrected chi connectivity index (χ0v) is 12.1. The van der Waals surface area contributed by atoms with Crippen LogP contribution in [0, 0.1) is 0 Å². The molecule has 0 radical (unpaired) electrons. The van der Waals surface area contributed by atoms with Crippen LogP contribution in [-0.4, -0.2) is 56.8 Å². The van der Waals surface area contributed by atoms with Gasteiger partial charge in [0, 0.05) is 32.4 Å². The molecule has 6 nitrogen and oxygen atoms in total. The minimum atomic E-state index is -0.152. The summed E-state index contributed by atoms with van der Waals surface area (Å²) in [5.74, 6) is 0.171. The molecule has 3 heterocycles. The molecule has 20 heavy (non-hydrogen) atoms. The lowest BCUT2D eigenvalue weighted by molar-refractivity contribution is -0.130. The number of aromatic nitrogens is 3. The van der Waals surface area contributed by atoms with E-state index in [0.29, 0.717) is 0 Å². The summed E-state index contributed by atoms with van der Waals surface area (Å²) in [7, 11) is 0. The zero-order chi connectivity index (χ0) is 13.9. The van der Waals surface area contributed by atoms with Crippen molar-refractivity contribution in [2.24, 2.45) is 0 Å². The molecule has 1 N–H and O–H groups in total. The third kappa shape index (κ3) is 2.64. The van der Waals surface area contributed by atoms with Crippen molar-refractivity contribution < 1.29 is 4.79 Å².